The lowest BCUT2D eigenvalue weighted by atomic mass is 9.99. The first kappa shape index (κ1) is 34.2. The van der Waals surface area contributed by atoms with Gasteiger partial charge in [0.25, 0.3) is 11.4 Å². The molecule has 2 aliphatic heterocycles. The van der Waals surface area contributed by atoms with Crippen LogP contribution in [-0.2, 0) is 13.1 Å². The van der Waals surface area contributed by atoms with Crippen molar-refractivity contribution in [2.24, 2.45) is 0 Å². The average molecular weight is 691 g/mol. The summed E-state index contributed by atoms with van der Waals surface area (Å²) in [6, 6.07) is 28.2. The number of carbonyl (C=O) groups excluding carboxylic acids is 2. The molecule has 260 valence electrons. The molecule has 4 amide bonds. The zero-order chi connectivity index (χ0) is 36.1. The number of carbonyl (C=O) groups is 2. The molecule has 0 saturated heterocycles. The molecule has 14 nitrogen and oxygen atoms in total. The van der Waals surface area contributed by atoms with Crippen molar-refractivity contribution < 1.29 is 28.9 Å². The van der Waals surface area contributed by atoms with E-state index < -0.39 is 40.8 Å². The summed E-state index contributed by atoms with van der Waals surface area (Å²) in [6.45, 7) is 2.97. The Labute approximate surface area is 292 Å². The highest BCUT2D eigenvalue weighted by Crippen LogP contribution is 2.38. The van der Waals surface area contributed by atoms with Crippen molar-refractivity contribution in [1.82, 2.24) is 20.4 Å². The number of allylic oxidation sites excluding steroid dienone is 2. The van der Waals surface area contributed by atoms with Crippen LogP contribution in [0.4, 0.5) is 9.59 Å². The van der Waals surface area contributed by atoms with Crippen LogP contribution >= 0.6 is 0 Å². The molecule has 0 fully saturated rings. The standard InChI is InChI=1S/C37H34N6O8/c1-24-34(42(46)47)32(38-36(44)40(24)21-26-13-5-3-6-14-26)28-17-9-11-19-30(28)50-23-51-31-20-12-10-18-29(31)33-35(43(48)49)25(2)41(37(45)39-33)22-27-15-7-4-8-16-27/h3-20,32-33H,21-23H2,1-2H3,(H,38,44)(H,39,45). The second kappa shape index (κ2) is 14.8. The van der Waals surface area contributed by atoms with Crippen LogP contribution in [0.3, 0.4) is 0 Å². The molecule has 0 spiro atoms. The summed E-state index contributed by atoms with van der Waals surface area (Å²) in [5.74, 6) is 0.432. The first-order valence-electron chi connectivity index (χ1n) is 16.0. The van der Waals surface area contributed by atoms with Gasteiger partial charge in [0.15, 0.2) is 12.1 Å². The Morgan fingerprint density at radius 3 is 1.31 bits per heavy atom. The average Bonchev–Trinajstić information content (AvgIpc) is 3.12. The summed E-state index contributed by atoms with van der Waals surface area (Å²) in [7, 11) is 0. The third kappa shape index (κ3) is 7.20. The molecule has 2 N–H and O–H groups in total. The lowest BCUT2D eigenvalue weighted by molar-refractivity contribution is -0.433. The second-order valence-corrected chi connectivity index (χ2v) is 11.8. The van der Waals surface area contributed by atoms with E-state index in [4.69, 9.17) is 9.47 Å². The zero-order valence-corrected chi connectivity index (χ0v) is 27.7. The smallest absolute Gasteiger partial charge is 0.323 e. The lowest BCUT2D eigenvalue weighted by Crippen LogP contribution is -2.47. The van der Waals surface area contributed by atoms with Gasteiger partial charge >= 0.3 is 12.1 Å². The van der Waals surface area contributed by atoms with E-state index in [1.54, 1.807) is 48.5 Å². The van der Waals surface area contributed by atoms with Crippen LogP contribution in [0, 0.1) is 20.2 Å². The van der Waals surface area contributed by atoms with E-state index in [0.29, 0.717) is 11.1 Å². The van der Waals surface area contributed by atoms with E-state index in [1.807, 2.05) is 60.7 Å². The fourth-order valence-electron chi connectivity index (χ4n) is 6.23. The van der Waals surface area contributed by atoms with Gasteiger partial charge in [-0.25, -0.2) is 9.59 Å². The Bertz CT molecular complexity index is 1890. The molecule has 0 radical (unpaired) electrons. The highest BCUT2D eigenvalue weighted by atomic mass is 16.7. The minimum Gasteiger partial charge on any atom is -0.457 e. The van der Waals surface area contributed by atoms with Crippen molar-refractivity contribution in [2.45, 2.75) is 39.0 Å². The fraction of sp³-hybridized carbons (Fsp3) is 0.189. The molecule has 2 unspecified atom stereocenters. The van der Waals surface area contributed by atoms with Crippen LogP contribution in [0.15, 0.2) is 132 Å². The number of ether oxygens (including phenoxy) is 2. The van der Waals surface area contributed by atoms with E-state index >= 15 is 0 Å². The molecule has 6 rings (SSSR count). The summed E-state index contributed by atoms with van der Waals surface area (Å²) >= 11 is 0. The summed E-state index contributed by atoms with van der Waals surface area (Å²) in [5, 5.41) is 30.3. The Morgan fingerprint density at radius 1 is 0.588 bits per heavy atom. The molecule has 2 atom stereocenters. The van der Waals surface area contributed by atoms with Crippen molar-refractivity contribution in [1.29, 1.82) is 0 Å². The fourth-order valence-corrected chi connectivity index (χ4v) is 6.23. The molecule has 4 aromatic rings. The van der Waals surface area contributed by atoms with Crippen LogP contribution in [0.2, 0.25) is 0 Å². The third-order valence-corrected chi connectivity index (χ3v) is 8.77. The summed E-state index contributed by atoms with van der Waals surface area (Å²) in [5.41, 5.74) is 2.25. The summed E-state index contributed by atoms with van der Waals surface area (Å²) in [6.07, 6.45) is 0. The number of urea groups is 2. The number of hydrogen-bond donors (Lipinski definition) is 2. The van der Waals surface area contributed by atoms with E-state index in [-0.39, 0.29) is 47.4 Å². The molecule has 0 aromatic heterocycles. The number of amides is 4. The quantitative estimate of drug-likeness (QED) is 0.0946. The Kier molecular flexibility index (Phi) is 9.93. The molecule has 4 aromatic carbocycles. The Hall–Kier alpha value is -6.70. The van der Waals surface area contributed by atoms with Gasteiger partial charge in [0.2, 0.25) is 6.79 Å². The third-order valence-electron chi connectivity index (χ3n) is 8.77. The van der Waals surface area contributed by atoms with Crippen molar-refractivity contribution in [3.05, 3.63) is 174 Å². The predicted molar refractivity (Wildman–Crippen MR) is 185 cm³/mol. The number of nitrogens with one attached hydrogen (secondary N) is 2. The molecular formula is C37H34N6O8. The van der Waals surface area contributed by atoms with E-state index in [1.165, 1.54) is 23.6 Å². The van der Waals surface area contributed by atoms with Gasteiger partial charge in [-0.15, -0.1) is 0 Å². The Balaban J connectivity index is 1.23. The molecule has 0 bridgehead atoms. The second-order valence-electron chi connectivity index (χ2n) is 11.8. The van der Waals surface area contributed by atoms with Crippen molar-refractivity contribution in [3.63, 3.8) is 0 Å². The first-order chi connectivity index (χ1) is 24.6. The molecule has 0 saturated carbocycles. The topological polar surface area (TPSA) is 169 Å². The van der Waals surface area contributed by atoms with E-state index in [0.717, 1.165) is 11.1 Å². The van der Waals surface area contributed by atoms with Crippen LogP contribution in [0.1, 0.15) is 48.2 Å². The summed E-state index contributed by atoms with van der Waals surface area (Å²) in [4.78, 5) is 53.0. The van der Waals surface area contributed by atoms with Crippen LogP contribution in [0.25, 0.3) is 0 Å². The van der Waals surface area contributed by atoms with Gasteiger partial charge in [-0.1, -0.05) is 97.1 Å². The minimum atomic E-state index is -1.13. The molecule has 2 heterocycles. The van der Waals surface area contributed by atoms with Gasteiger partial charge < -0.3 is 20.1 Å². The number of nitrogens with zero attached hydrogens (tertiary/aromatic N) is 4. The van der Waals surface area contributed by atoms with Gasteiger partial charge in [0.1, 0.15) is 11.5 Å². The molecule has 2 aliphatic rings. The van der Waals surface area contributed by atoms with Crippen LogP contribution in [0.5, 0.6) is 11.5 Å². The largest absolute Gasteiger partial charge is 0.457 e. The molecule has 0 aliphatic carbocycles. The normalized spacial score (nSPS) is 17.5. The highest BCUT2D eigenvalue weighted by molar-refractivity contribution is 5.80. The maximum Gasteiger partial charge on any atom is 0.323 e. The highest BCUT2D eigenvalue weighted by Gasteiger charge is 2.42. The van der Waals surface area contributed by atoms with Crippen LogP contribution < -0.4 is 20.1 Å². The van der Waals surface area contributed by atoms with Gasteiger partial charge in [0, 0.05) is 11.1 Å². The van der Waals surface area contributed by atoms with Gasteiger partial charge in [0.05, 0.1) is 34.3 Å². The maximum absolute atomic E-state index is 13.3. The molecule has 51 heavy (non-hydrogen) atoms. The monoisotopic (exact) mass is 690 g/mol. The van der Waals surface area contributed by atoms with E-state index in [2.05, 4.69) is 10.6 Å². The zero-order valence-electron chi connectivity index (χ0n) is 27.7. The van der Waals surface area contributed by atoms with Crippen molar-refractivity contribution in [2.75, 3.05) is 6.79 Å². The number of para-hydroxylation sites is 2. The van der Waals surface area contributed by atoms with Crippen molar-refractivity contribution in [3.8, 4) is 11.5 Å². The first-order valence-corrected chi connectivity index (χ1v) is 16.0. The van der Waals surface area contributed by atoms with Crippen molar-refractivity contribution >= 4 is 12.1 Å². The van der Waals surface area contributed by atoms with Gasteiger partial charge in [-0.3, -0.25) is 30.0 Å². The molecular weight excluding hydrogens is 656 g/mol. The summed E-state index contributed by atoms with van der Waals surface area (Å²) < 4.78 is 12.0. The van der Waals surface area contributed by atoms with Crippen LogP contribution in [-0.4, -0.2) is 38.5 Å². The van der Waals surface area contributed by atoms with Gasteiger partial charge in [-0.05, 0) is 37.1 Å². The predicted octanol–water partition coefficient (Wildman–Crippen LogP) is 6.65. The number of nitro groups is 2. The SMILES string of the molecule is CC1=C([N+](=O)[O-])C(c2ccccc2OCOc2ccccc2C2NC(=O)N(Cc3ccccc3)C(C)=C2[N+](=O)[O-])NC(=O)N1Cc1ccccc1. The number of rotatable bonds is 12. The van der Waals surface area contributed by atoms with Gasteiger partial charge in [-0.2, -0.15) is 0 Å². The Morgan fingerprint density at radius 2 is 0.941 bits per heavy atom. The lowest BCUT2D eigenvalue weighted by Gasteiger charge is -2.32. The minimum absolute atomic E-state index is 0.146. The maximum atomic E-state index is 13.3. The van der Waals surface area contributed by atoms with E-state index in [9.17, 15) is 29.8 Å². The number of benzene rings is 4. The molecule has 14 heteroatoms. The number of hydrogen-bond acceptors (Lipinski definition) is 8.